The van der Waals surface area contributed by atoms with Crippen LogP contribution in [0.4, 0.5) is 0 Å². The zero-order valence-electron chi connectivity index (χ0n) is 7.83. The fourth-order valence-electron chi connectivity index (χ4n) is 1.18. The van der Waals surface area contributed by atoms with E-state index in [0.717, 1.165) is 5.56 Å². The van der Waals surface area contributed by atoms with Crippen LogP contribution in [0.2, 0.25) is 5.02 Å². The van der Waals surface area contributed by atoms with Gasteiger partial charge in [0.1, 0.15) is 0 Å². The molecular weight excluding hydrogens is 200 g/mol. The first-order valence-corrected chi connectivity index (χ1v) is 4.66. The average Bonchev–Trinajstić information content (AvgIpc) is 2.14. The van der Waals surface area contributed by atoms with Crippen molar-refractivity contribution < 1.29 is 9.90 Å². The molecule has 14 heavy (non-hydrogen) atoms. The summed E-state index contributed by atoms with van der Waals surface area (Å²) < 4.78 is 0. The monoisotopic (exact) mass is 210 g/mol. The number of halogens is 1. The lowest BCUT2D eigenvalue weighted by molar-refractivity contribution is 0.0696. The first kappa shape index (κ1) is 10.8. The van der Waals surface area contributed by atoms with Gasteiger partial charge < -0.3 is 5.11 Å². The van der Waals surface area contributed by atoms with E-state index in [1.54, 1.807) is 12.1 Å². The number of benzene rings is 1. The maximum atomic E-state index is 10.8. The van der Waals surface area contributed by atoms with Gasteiger partial charge in [-0.25, -0.2) is 4.79 Å². The van der Waals surface area contributed by atoms with Crippen LogP contribution in [0.1, 0.15) is 22.8 Å². The van der Waals surface area contributed by atoms with Crippen molar-refractivity contribution in [2.45, 2.75) is 13.3 Å². The summed E-state index contributed by atoms with van der Waals surface area (Å²) in [6.45, 7) is 1.89. The highest BCUT2D eigenvalue weighted by Crippen LogP contribution is 2.17. The van der Waals surface area contributed by atoms with Gasteiger partial charge in [-0.3, -0.25) is 0 Å². The van der Waals surface area contributed by atoms with Crippen molar-refractivity contribution in [1.82, 2.24) is 0 Å². The van der Waals surface area contributed by atoms with E-state index >= 15 is 0 Å². The fraction of sp³-hybridized carbons (Fsp3) is 0.182. The number of hydrogen-bond acceptors (Lipinski definition) is 1. The van der Waals surface area contributed by atoms with Gasteiger partial charge >= 0.3 is 5.97 Å². The van der Waals surface area contributed by atoms with Crippen molar-refractivity contribution in [3.63, 3.8) is 0 Å². The standard InChI is InChI=1S/C11H11ClO2/c1-2-3-4-8-7-9(12)5-6-10(8)11(13)14/h2-3,5-7H,4H2,1H3,(H,13,14). The van der Waals surface area contributed by atoms with Crippen molar-refractivity contribution in [3.8, 4) is 0 Å². The lowest BCUT2D eigenvalue weighted by atomic mass is 10.0. The molecule has 3 heteroatoms. The summed E-state index contributed by atoms with van der Waals surface area (Å²) >= 11 is 5.78. The average molecular weight is 211 g/mol. The summed E-state index contributed by atoms with van der Waals surface area (Å²) in [6.07, 6.45) is 4.38. The lowest BCUT2D eigenvalue weighted by Gasteiger charge is -2.03. The lowest BCUT2D eigenvalue weighted by Crippen LogP contribution is -2.01. The van der Waals surface area contributed by atoms with Crippen LogP contribution in [0.5, 0.6) is 0 Å². The molecule has 1 N–H and O–H groups in total. The first-order chi connectivity index (χ1) is 6.65. The Hall–Kier alpha value is -1.28. The summed E-state index contributed by atoms with van der Waals surface area (Å²) in [6, 6.07) is 4.80. The normalized spacial score (nSPS) is 10.7. The Morgan fingerprint density at radius 1 is 1.57 bits per heavy atom. The molecule has 0 radical (unpaired) electrons. The second-order valence-electron chi connectivity index (χ2n) is 2.88. The van der Waals surface area contributed by atoms with Gasteiger partial charge in [0, 0.05) is 5.02 Å². The van der Waals surface area contributed by atoms with E-state index in [-0.39, 0.29) is 0 Å². The van der Waals surface area contributed by atoms with E-state index in [0.29, 0.717) is 17.0 Å². The fourth-order valence-corrected chi connectivity index (χ4v) is 1.38. The van der Waals surface area contributed by atoms with E-state index in [4.69, 9.17) is 16.7 Å². The zero-order chi connectivity index (χ0) is 10.6. The molecule has 0 fully saturated rings. The van der Waals surface area contributed by atoms with Gasteiger partial charge in [-0.2, -0.15) is 0 Å². The third-order valence-corrected chi connectivity index (χ3v) is 2.11. The second-order valence-corrected chi connectivity index (χ2v) is 3.32. The zero-order valence-corrected chi connectivity index (χ0v) is 8.58. The first-order valence-electron chi connectivity index (χ1n) is 4.28. The van der Waals surface area contributed by atoms with Gasteiger partial charge in [0.05, 0.1) is 5.56 Å². The molecule has 0 aliphatic carbocycles. The molecular formula is C11H11ClO2. The summed E-state index contributed by atoms with van der Waals surface area (Å²) in [7, 11) is 0. The van der Waals surface area contributed by atoms with E-state index < -0.39 is 5.97 Å². The van der Waals surface area contributed by atoms with E-state index in [2.05, 4.69) is 0 Å². The molecule has 2 nitrogen and oxygen atoms in total. The van der Waals surface area contributed by atoms with E-state index in [1.165, 1.54) is 6.07 Å². The Balaban J connectivity index is 3.09. The van der Waals surface area contributed by atoms with Crippen molar-refractivity contribution in [2.24, 2.45) is 0 Å². The van der Waals surface area contributed by atoms with E-state index in [9.17, 15) is 4.79 Å². The van der Waals surface area contributed by atoms with Crippen molar-refractivity contribution in [1.29, 1.82) is 0 Å². The highest BCUT2D eigenvalue weighted by Gasteiger charge is 2.08. The van der Waals surface area contributed by atoms with Gasteiger partial charge in [-0.05, 0) is 37.1 Å². The van der Waals surface area contributed by atoms with Gasteiger partial charge in [-0.1, -0.05) is 23.8 Å². The second kappa shape index (κ2) is 4.82. The number of carboxylic acid groups (broad SMARTS) is 1. The van der Waals surface area contributed by atoms with Crippen LogP contribution in [0.25, 0.3) is 0 Å². The van der Waals surface area contributed by atoms with Gasteiger partial charge in [0.2, 0.25) is 0 Å². The molecule has 0 bridgehead atoms. The minimum atomic E-state index is -0.916. The Kier molecular flexibility index (Phi) is 3.72. The summed E-state index contributed by atoms with van der Waals surface area (Å²) in [5.74, 6) is -0.916. The molecule has 0 heterocycles. The molecule has 0 unspecified atom stereocenters. The minimum Gasteiger partial charge on any atom is -0.478 e. The van der Waals surface area contributed by atoms with Crippen LogP contribution >= 0.6 is 11.6 Å². The summed E-state index contributed by atoms with van der Waals surface area (Å²) in [5.41, 5.74) is 1.05. The number of carbonyl (C=O) groups is 1. The minimum absolute atomic E-state index is 0.313. The smallest absolute Gasteiger partial charge is 0.335 e. The quantitative estimate of drug-likeness (QED) is 0.779. The van der Waals surface area contributed by atoms with E-state index in [1.807, 2.05) is 19.1 Å². The molecule has 0 saturated carbocycles. The molecule has 0 aromatic heterocycles. The number of allylic oxidation sites excluding steroid dienone is 2. The Labute approximate surface area is 87.8 Å². The van der Waals surface area contributed by atoms with Crippen LogP contribution in [-0.2, 0) is 6.42 Å². The number of hydrogen-bond donors (Lipinski definition) is 1. The van der Waals surface area contributed by atoms with Crippen LogP contribution in [-0.4, -0.2) is 11.1 Å². The van der Waals surface area contributed by atoms with Crippen molar-refractivity contribution in [2.75, 3.05) is 0 Å². The molecule has 0 atom stereocenters. The third-order valence-electron chi connectivity index (χ3n) is 1.87. The Bertz CT molecular complexity index is 370. The molecule has 1 aromatic rings. The molecule has 0 aliphatic rings. The molecule has 1 aromatic carbocycles. The highest BCUT2D eigenvalue weighted by molar-refractivity contribution is 6.30. The molecule has 74 valence electrons. The van der Waals surface area contributed by atoms with Crippen LogP contribution < -0.4 is 0 Å². The van der Waals surface area contributed by atoms with Gasteiger partial charge in [0.15, 0.2) is 0 Å². The van der Waals surface area contributed by atoms with Gasteiger partial charge in [-0.15, -0.1) is 0 Å². The highest BCUT2D eigenvalue weighted by atomic mass is 35.5. The summed E-state index contributed by atoms with van der Waals surface area (Å²) in [5, 5.41) is 9.45. The predicted octanol–water partition coefficient (Wildman–Crippen LogP) is 3.16. The molecule has 0 spiro atoms. The van der Waals surface area contributed by atoms with Gasteiger partial charge in [0.25, 0.3) is 0 Å². The maximum Gasteiger partial charge on any atom is 0.335 e. The molecule has 0 amide bonds. The number of rotatable bonds is 3. The number of aromatic carboxylic acids is 1. The van der Waals surface area contributed by atoms with Crippen LogP contribution in [0.3, 0.4) is 0 Å². The third kappa shape index (κ3) is 2.60. The number of carboxylic acids is 1. The molecule has 0 saturated heterocycles. The topological polar surface area (TPSA) is 37.3 Å². The van der Waals surface area contributed by atoms with Crippen molar-refractivity contribution >= 4 is 17.6 Å². The summed E-state index contributed by atoms with van der Waals surface area (Å²) in [4.78, 5) is 10.8. The Morgan fingerprint density at radius 2 is 2.29 bits per heavy atom. The van der Waals surface area contributed by atoms with Crippen LogP contribution in [0, 0.1) is 0 Å². The SMILES string of the molecule is CC=CCc1cc(Cl)ccc1C(=O)O. The molecule has 0 aliphatic heterocycles. The predicted molar refractivity (Wildman–Crippen MR) is 56.9 cm³/mol. The largest absolute Gasteiger partial charge is 0.478 e. The van der Waals surface area contributed by atoms with Crippen LogP contribution in [0.15, 0.2) is 30.4 Å². The van der Waals surface area contributed by atoms with Crippen molar-refractivity contribution in [3.05, 3.63) is 46.5 Å². The maximum absolute atomic E-state index is 10.8. The molecule has 1 rings (SSSR count). The Morgan fingerprint density at radius 3 is 2.86 bits per heavy atom.